The zero-order valence-corrected chi connectivity index (χ0v) is 11.7. The van der Waals surface area contributed by atoms with E-state index in [2.05, 4.69) is 34.7 Å². The Hall–Kier alpha value is -1.75. The number of rotatable bonds is 6. The fourth-order valence-electron chi connectivity index (χ4n) is 2.20. The SMILES string of the molecule is CNC(Cc1nnnn1-c1ccccc1)CC(C)C. The maximum Gasteiger partial charge on any atom is 0.158 e. The van der Waals surface area contributed by atoms with Crippen LogP contribution in [0.5, 0.6) is 0 Å². The summed E-state index contributed by atoms with van der Waals surface area (Å²) in [4.78, 5) is 0. The van der Waals surface area contributed by atoms with Crippen LogP contribution in [0.4, 0.5) is 0 Å². The minimum absolute atomic E-state index is 0.397. The van der Waals surface area contributed by atoms with Crippen LogP contribution in [0.3, 0.4) is 0 Å². The normalized spacial score (nSPS) is 12.8. The summed E-state index contributed by atoms with van der Waals surface area (Å²) in [7, 11) is 1.99. The lowest BCUT2D eigenvalue weighted by Crippen LogP contribution is -2.30. The molecule has 1 aromatic heterocycles. The fraction of sp³-hybridized carbons (Fsp3) is 0.500. The zero-order chi connectivity index (χ0) is 13.7. The first-order valence-electron chi connectivity index (χ1n) is 6.70. The number of likely N-dealkylation sites (N-methyl/N-ethyl adjacent to an activating group) is 1. The van der Waals surface area contributed by atoms with E-state index in [1.54, 1.807) is 0 Å². The number of aromatic nitrogens is 4. The summed E-state index contributed by atoms with van der Waals surface area (Å²) < 4.78 is 1.81. The topological polar surface area (TPSA) is 55.6 Å². The highest BCUT2D eigenvalue weighted by molar-refractivity contribution is 5.30. The maximum atomic E-state index is 4.15. The number of nitrogens with zero attached hydrogens (tertiary/aromatic N) is 4. The smallest absolute Gasteiger partial charge is 0.158 e. The number of hydrogen-bond acceptors (Lipinski definition) is 4. The molecule has 0 fully saturated rings. The number of tetrazole rings is 1. The van der Waals surface area contributed by atoms with Gasteiger partial charge in [-0.2, -0.15) is 4.68 Å². The summed E-state index contributed by atoms with van der Waals surface area (Å²) in [6, 6.07) is 10.4. The van der Waals surface area contributed by atoms with Gasteiger partial charge in [0.05, 0.1) is 5.69 Å². The van der Waals surface area contributed by atoms with Crippen molar-refractivity contribution in [1.82, 2.24) is 25.5 Å². The van der Waals surface area contributed by atoms with Crippen molar-refractivity contribution in [3.05, 3.63) is 36.2 Å². The fourth-order valence-corrected chi connectivity index (χ4v) is 2.20. The molecular formula is C14H21N5. The van der Waals surface area contributed by atoms with E-state index < -0.39 is 0 Å². The molecule has 1 heterocycles. The molecular weight excluding hydrogens is 238 g/mol. The lowest BCUT2D eigenvalue weighted by molar-refractivity contribution is 0.432. The van der Waals surface area contributed by atoms with Gasteiger partial charge in [0.1, 0.15) is 0 Å². The molecule has 2 aromatic rings. The van der Waals surface area contributed by atoms with E-state index >= 15 is 0 Å². The molecule has 102 valence electrons. The monoisotopic (exact) mass is 259 g/mol. The van der Waals surface area contributed by atoms with E-state index in [-0.39, 0.29) is 0 Å². The highest BCUT2D eigenvalue weighted by Gasteiger charge is 2.15. The minimum atomic E-state index is 0.397. The summed E-state index contributed by atoms with van der Waals surface area (Å²) >= 11 is 0. The molecule has 19 heavy (non-hydrogen) atoms. The standard InChI is InChI=1S/C14H21N5/c1-11(2)9-12(15-3)10-14-16-17-18-19(14)13-7-5-4-6-8-13/h4-8,11-12,15H,9-10H2,1-3H3. The average molecular weight is 259 g/mol. The molecule has 0 radical (unpaired) electrons. The van der Waals surface area contributed by atoms with Crippen molar-refractivity contribution in [2.45, 2.75) is 32.7 Å². The van der Waals surface area contributed by atoms with Gasteiger partial charge in [-0.05, 0) is 41.9 Å². The molecule has 0 saturated carbocycles. The van der Waals surface area contributed by atoms with Gasteiger partial charge in [-0.25, -0.2) is 0 Å². The second kappa shape index (κ2) is 6.43. The van der Waals surface area contributed by atoms with Crippen molar-refractivity contribution in [3.63, 3.8) is 0 Å². The first kappa shape index (κ1) is 13.7. The van der Waals surface area contributed by atoms with Crippen molar-refractivity contribution < 1.29 is 0 Å². The predicted octanol–water partition coefficient (Wildman–Crippen LogP) is 1.84. The number of benzene rings is 1. The molecule has 0 aliphatic heterocycles. The molecule has 2 rings (SSSR count). The third-order valence-electron chi connectivity index (χ3n) is 3.13. The van der Waals surface area contributed by atoms with Crippen molar-refractivity contribution in [2.75, 3.05) is 7.05 Å². The van der Waals surface area contributed by atoms with Crippen molar-refractivity contribution in [2.24, 2.45) is 5.92 Å². The molecule has 0 aliphatic carbocycles. The molecule has 1 N–H and O–H groups in total. The van der Waals surface area contributed by atoms with E-state index in [0.29, 0.717) is 12.0 Å². The second-order valence-electron chi connectivity index (χ2n) is 5.16. The van der Waals surface area contributed by atoms with Crippen LogP contribution in [0.2, 0.25) is 0 Å². The van der Waals surface area contributed by atoms with E-state index in [4.69, 9.17) is 0 Å². The van der Waals surface area contributed by atoms with Gasteiger partial charge in [0.2, 0.25) is 0 Å². The number of hydrogen-bond donors (Lipinski definition) is 1. The Labute approximate surface area is 114 Å². The van der Waals surface area contributed by atoms with Crippen molar-refractivity contribution in [3.8, 4) is 5.69 Å². The predicted molar refractivity (Wildman–Crippen MR) is 75.2 cm³/mol. The molecule has 5 nitrogen and oxygen atoms in total. The van der Waals surface area contributed by atoms with E-state index in [0.717, 1.165) is 24.4 Å². The maximum absolute atomic E-state index is 4.15. The van der Waals surface area contributed by atoms with Crippen molar-refractivity contribution >= 4 is 0 Å². The molecule has 1 atom stereocenters. The molecule has 1 aromatic carbocycles. The van der Waals surface area contributed by atoms with Crippen LogP contribution in [0.1, 0.15) is 26.1 Å². The van der Waals surface area contributed by atoms with Gasteiger partial charge in [0, 0.05) is 12.5 Å². The molecule has 0 amide bonds. The Balaban J connectivity index is 2.16. The summed E-state index contributed by atoms with van der Waals surface area (Å²) in [5, 5.41) is 15.4. The molecule has 5 heteroatoms. The molecule has 0 saturated heterocycles. The summed E-state index contributed by atoms with van der Waals surface area (Å²) in [6.07, 6.45) is 1.94. The number of nitrogens with one attached hydrogen (secondary N) is 1. The first-order chi connectivity index (χ1) is 9.20. The van der Waals surface area contributed by atoms with Crippen LogP contribution in [0.25, 0.3) is 5.69 Å². The first-order valence-corrected chi connectivity index (χ1v) is 6.70. The number of para-hydroxylation sites is 1. The Bertz CT molecular complexity index is 492. The van der Waals surface area contributed by atoms with Gasteiger partial charge in [-0.15, -0.1) is 5.10 Å². The van der Waals surface area contributed by atoms with Crippen LogP contribution in [-0.4, -0.2) is 33.3 Å². The van der Waals surface area contributed by atoms with E-state index in [1.165, 1.54) is 0 Å². The van der Waals surface area contributed by atoms with Crippen LogP contribution >= 0.6 is 0 Å². The van der Waals surface area contributed by atoms with Gasteiger partial charge in [-0.3, -0.25) is 0 Å². The minimum Gasteiger partial charge on any atom is -0.317 e. The van der Waals surface area contributed by atoms with Crippen molar-refractivity contribution in [1.29, 1.82) is 0 Å². The lowest BCUT2D eigenvalue weighted by atomic mass is 10.0. The highest BCUT2D eigenvalue weighted by atomic mass is 15.5. The summed E-state index contributed by atoms with van der Waals surface area (Å²) in [5.41, 5.74) is 1.00. The molecule has 0 bridgehead atoms. The Kier molecular flexibility index (Phi) is 4.63. The van der Waals surface area contributed by atoms with Gasteiger partial charge in [0.25, 0.3) is 0 Å². The van der Waals surface area contributed by atoms with Crippen LogP contribution < -0.4 is 5.32 Å². The van der Waals surface area contributed by atoms with E-state index in [9.17, 15) is 0 Å². The van der Waals surface area contributed by atoms with Crippen LogP contribution in [0, 0.1) is 5.92 Å². The Morgan fingerprint density at radius 1 is 1.21 bits per heavy atom. The Morgan fingerprint density at radius 3 is 2.58 bits per heavy atom. The average Bonchev–Trinajstić information content (AvgIpc) is 2.86. The summed E-state index contributed by atoms with van der Waals surface area (Å²) in [5.74, 6) is 1.55. The molecule has 1 unspecified atom stereocenters. The van der Waals surface area contributed by atoms with Crippen LogP contribution in [-0.2, 0) is 6.42 Å². The highest BCUT2D eigenvalue weighted by Crippen LogP contribution is 2.12. The molecule has 0 spiro atoms. The zero-order valence-electron chi connectivity index (χ0n) is 11.7. The summed E-state index contributed by atoms with van der Waals surface area (Å²) in [6.45, 7) is 4.45. The van der Waals surface area contributed by atoms with E-state index in [1.807, 2.05) is 42.1 Å². The Morgan fingerprint density at radius 2 is 1.95 bits per heavy atom. The second-order valence-corrected chi connectivity index (χ2v) is 5.16. The van der Waals surface area contributed by atoms with Gasteiger partial charge < -0.3 is 5.32 Å². The van der Waals surface area contributed by atoms with Crippen LogP contribution in [0.15, 0.2) is 30.3 Å². The quantitative estimate of drug-likeness (QED) is 0.860. The molecule has 0 aliphatic rings. The third kappa shape index (κ3) is 3.61. The van der Waals surface area contributed by atoms with Gasteiger partial charge in [0.15, 0.2) is 5.82 Å². The van der Waals surface area contributed by atoms with Gasteiger partial charge in [-0.1, -0.05) is 32.0 Å². The third-order valence-corrected chi connectivity index (χ3v) is 3.13. The van der Waals surface area contributed by atoms with Gasteiger partial charge >= 0.3 is 0 Å². The lowest BCUT2D eigenvalue weighted by Gasteiger charge is -2.17. The largest absolute Gasteiger partial charge is 0.317 e.